The second-order valence-electron chi connectivity index (χ2n) is 4.61. The summed E-state index contributed by atoms with van der Waals surface area (Å²) in [6, 6.07) is 3.39. The molecule has 2 unspecified atom stereocenters. The van der Waals surface area contributed by atoms with Crippen molar-refractivity contribution in [3.63, 3.8) is 0 Å². The predicted octanol–water partition coefficient (Wildman–Crippen LogP) is 1.88. The minimum Gasteiger partial charge on any atom is -0.450 e. The number of fused-ring (bicyclic) bond motifs is 1. The summed E-state index contributed by atoms with van der Waals surface area (Å²) in [5.41, 5.74) is 0.759. The van der Waals surface area contributed by atoms with E-state index in [1.165, 1.54) is 12.3 Å². The van der Waals surface area contributed by atoms with E-state index in [1.807, 2.05) is 6.08 Å². The summed E-state index contributed by atoms with van der Waals surface area (Å²) < 4.78 is 18.3. The molecule has 0 aromatic carbocycles. The highest BCUT2D eigenvalue weighted by Crippen LogP contribution is 2.24. The highest BCUT2D eigenvalue weighted by molar-refractivity contribution is 5.76. The first-order chi connectivity index (χ1) is 9.74. The number of rotatable bonds is 1. The molecule has 2 atom stereocenters. The van der Waals surface area contributed by atoms with Gasteiger partial charge in [0.15, 0.2) is 5.76 Å². The standard InChI is InChI=1S/C15H13FN2O2/c16-11-2-1-10-7-12(18-15(10)17-8-11)3-4-13-5-6-14(9-19)20-13/h2,5-8,10,15,18-19H,1,9H2. The smallest absolute Gasteiger partial charge is 0.177 e. The van der Waals surface area contributed by atoms with E-state index >= 15 is 0 Å². The summed E-state index contributed by atoms with van der Waals surface area (Å²) >= 11 is 0. The molecule has 0 saturated carbocycles. The number of aliphatic hydroxyl groups is 1. The van der Waals surface area contributed by atoms with Crippen LogP contribution in [0.4, 0.5) is 4.39 Å². The van der Waals surface area contributed by atoms with E-state index in [0.717, 1.165) is 5.70 Å². The highest BCUT2D eigenvalue weighted by Gasteiger charge is 2.26. The van der Waals surface area contributed by atoms with Crippen LogP contribution in [0.5, 0.6) is 0 Å². The minimum atomic E-state index is -0.297. The van der Waals surface area contributed by atoms with Crippen molar-refractivity contribution in [2.24, 2.45) is 10.9 Å². The molecule has 102 valence electrons. The van der Waals surface area contributed by atoms with Gasteiger partial charge in [-0.3, -0.25) is 4.99 Å². The zero-order valence-electron chi connectivity index (χ0n) is 10.6. The fraction of sp³-hybridized carbons (Fsp3) is 0.267. The first-order valence-corrected chi connectivity index (χ1v) is 6.33. The van der Waals surface area contributed by atoms with Crippen LogP contribution in [-0.2, 0) is 6.61 Å². The first kappa shape index (κ1) is 12.7. The third-order valence-electron chi connectivity index (χ3n) is 3.17. The molecule has 2 N–H and O–H groups in total. The number of nitrogens with one attached hydrogen (secondary N) is 1. The Morgan fingerprint density at radius 3 is 3.15 bits per heavy atom. The molecule has 1 aromatic rings. The van der Waals surface area contributed by atoms with Gasteiger partial charge in [0.05, 0.1) is 11.9 Å². The molecule has 0 spiro atoms. The van der Waals surface area contributed by atoms with Gasteiger partial charge in [0.2, 0.25) is 0 Å². The molecule has 4 nitrogen and oxygen atoms in total. The molecule has 0 saturated heterocycles. The number of hydrogen-bond donors (Lipinski definition) is 2. The van der Waals surface area contributed by atoms with Gasteiger partial charge in [0, 0.05) is 5.92 Å². The van der Waals surface area contributed by atoms with E-state index in [2.05, 4.69) is 22.2 Å². The van der Waals surface area contributed by atoms with Gasteiger partial charge in [0.25, 0.3) is 0 Å². The Kier molecular flexibility index (Phi) is 3.40. The SMILES string of the molecule is OCc1ccc(C#CC2=CC3CC=C(F)C=NC3N2)o1. The average Bonchev–Trinajstić information content (AvgIpc) is 3.03. The summed E-state index contributed by atoms with van der Waals surface area (Å²) in [6.45, 7) is -0.139. The van der Waals surface area contributed by atoms with Gasteiger partial charge in [-0.05, 0) is 42.5 Å². The van der Waals surface area contributed by atoms with Crippen molar-refractivity contribution in [2.75, 3.05) is 0 Å². The molecule has 0 amide bonds. The molecule has 2 aliphatic rings. The number of furan rings is 1. The Bertz CT molecular complexity index is 661. The summed E-state index contributed by atoms with van der Waals surface area (Å²) in [4.78, 5) is 4.13. The van der Waals surface area contributed by atoms with Gasteiger partial charge in [-0.15, -0.1) is 0 Å². The third kappa shape index (κ3) is 2.65. The molecule has 20 heavy (non-hydrogen) atoms. The lowest BCUT2D eigenvalue weighted by Gasteiger charge is -2.11. The zero-order chi connectivity index (χ0) is 13.9. The molecular formula is C15H13FN2O2. The maximum Gasteiger partial charge on any atom is 0.177 e. The van der Waals surface area contributed by atoms with Crippen molar-refractivity contribution in [1.82, 2.24) is 5.32 Å². The van der Waals surface area contributed by atoms with Gasteiger partial charge >= 0.3 is 0 Å². The fourth-order valence-electron chi connectivity index (χ4n) is 2.15. The topological polar surface area (TPSA) is 57.8 Å². The maximum absolute atomic E-state index is 13.1. The lowest BCUT2D eigenvalue weighted by Crippen LogP contribution is -2.25. The van der Waals surface area contributed by atoms with Gasteiger partial charge in [-0.1, -0.05) is 0 Å². The van der Waals surface area contributed by atoms with E-state index in [0.29, 0.717) is 17.9 Å². The van der Waals surface area contributed by atoms with Gasteiger partial charge < -0.3 is 14.8 Å². The molecule has 1 aromatic heterocycles. The Labute approximate surface area is 115 Å². The minimum absolute atomic E-state index is 0.119. The van der Waals surface area contributed by atoms with Crippen molar-refractivity contribution in [1.29, 1.82) is 0 Å². The highest BCUT2D eigenvalue weighted by atomic mass is 19.1. The maximum atomic E-state index is 13.1. The second kappa shape index (κ2) is 5.35. The third-order valence-corrected chi connectivity index (χ3v) is 3.17. The Balaban J connectivity index is 1.73. The van der Waals surface area contributed by atoms with Crippen molar-refractivity contribution in [2.45, 2.75) is 19.2 Å². The monoisotopic (exact) mass is 272 g/mol. The van der Waals surface area contributed by atoms with Gasteiger partial charge in [-0.25, -0.2) is 4.39 Å². The summed E-state index contributed by atoms with van der Waals surface area (Å²) in [6.07, 6.45) is 5.17. The molecule has 3 rings (SSSR count). The lowest BCUT2D eigenvalue weighted by molar-refractivity contribution is 0.246. The van der Waals surface area contributed by atoms with Crippen LogP contribution in [0, 0.1) is 17.8 Å². The molecule has 5 heteroatoms. The summed E-state index contributed by atoms with van der Waals surface area (Å²) in [5.74, 6) is 6.64. The van der Waals surface area contributed by atoms with Crippen molar-refractivity contribution in [3.05, 3.63) is 47.3 Å². The van der Waals surface area contributed by atoms with Crippen LogP contribution in [0.15, 0.2) is 45.2 Å². The van der Waals surface area contributed by atoms with Crippen molar-refractivity contribution in [3.8, 4) is 11.8 Å². The van der Waals surface area contributed by atoms with Crippen molar-refractivity contribution >= 4 is 6.21 Å². The summed E-state index contributed by atoms with van der Waals surface area (Å²) in [7, 11) is 0. The van der Waals surface area contributed by atoms with E-state index in [1.54, 1.807) is 12.1 Å². The number of nitrogens with zero attached hydrogens (tertiary/aromatic N) is 1. The summed E-state index contributed by atoms with van der Waals surface area (Å²) in [5, 5.41) is 12.0. The number of halogens is 1. The van der Waals surface area contributed by atoms with E-state index < -0.39 is 0 Å². The molecule has 0 aliphatic carbocycles. The predicted molar refractivity (Wildman–Crippen MR) is 72.3 cm³/mol. The molecule has 0 bridgehead atoms. The van der Waals surface area contributed by atoms with Crippen molar-refractivity contribution < 1.29 is 13.9 Å². The zero-order valence-corrected chi connectivity index (χ0v) is 10.6. The van der Waals surface area contributed by atoms with Crippen LogP contribution in [0.3, 0.4) is 0 Å². The van der Waals surface area contributed by atoms with Crippen LogP contribution in [0.25, 0.3) is 0 Å². The number of allylic oxidation sites excluding steroid dienone is 3. The largest absolute Gasteiger partial charge is 0.450 e. The van der Waals surface area contributed by atoms with Gasteiger partial charge in [0.1, 0.15) is 24.4 Å². The number of aliphatic hydroxyl groups excluding tert-OH is 1. The van der Waals surface area contributed by atoms with Crippen LogP contribution < -0.4 is 5.32 Å². The Morgan fingerprint density at radius 1 is 1.45 bits per heavy atom. The van der Waals surface area contributed by atoms with Crippen LogP contribution >= 0.6 is 0 Å². The Morgan fingerprint density at radius 2 is 2.35 bits per heavy atom. The average molecular weight is 272 g/mol. The molecule has 0 fully saturated rings. The van der Waals surface area contributed by atoms with E-state index in [9.17, 15) is 4.39 Å². The lowest BCUT2D eigenvalue weighted by atomic mass is 10.0. The van der Waals surface area contributed by atoms with Gasteiger partial charge in [-0.2, -0.15) is 0 Å². The fourth-order valence-corrected chi connectivity index (χ4v) is 2.15. The van der Waals surface area contributed by atoms with E-state index in [-0.39, 0.29) is 24.5 Å². The molecule has 0 radical (unpaired) electrons. The molecule has 3 heterocycles. The van der Waals surface area contributed by atoms with E-state index in [4.69, 9.17) is 9.52 Å². The normalized spacial score (nSPS) is 23.9. The Hall–Kier alpha value is -2.32. The van der Waals surface area contributed by atoms with Crippen LogP contribution in [0.1, 0.15) is 17.9 Å². The van der Waals surface area contributed by atoms with Crippen LogP contribution in [-0.4, -0.2) is 17.5 Å². The number of hydrogen-bond acceptors (Lipinski definition) is 4. The molecule has 2 aliphatic heterocycles. The molecular weight excluding hydrogens is 259 g/mol. The quantitative estimate of drug-likeness (QED) is 0.767. The first-order valence-electron chi connectivity index (χ1n) is 6.33. The number of aliphatic imine (C=N–C) groups is 1. The van der Waals surface area contributed by atoms with Crippen LogP contribution in [0.2, 0.25) is 0 Å². The second-order valence-corrected chi connectivity index (χ2v) is 4.61.